The first-order chi connectivity index (χ1) is 8.84. The Morgan fingerprint density at radius 1 is 1.37 bits per heavy atom. The van der Waals surface area contributed by atoms with Crippen LogP contribution in [0, 0.1) is 6.92 Å². The average molecular weight is 264 g/mol. The van der Waals surface area contributed by atoms with Gasteiger partial charge in [0.1, 0.15) is 0 Å². The van der Waals surface area contributed by atoms with Gasteiger partial charge in [0.2, 0.25) is 5.91 Å². The van der Waals surface area contributed by atoms with Crippen LogP contribution < -0.4 is 10.6 Å². The molecular formula is C15H24N2O2. The van der Waals surface area contributed by atoms with Crippen LogP contribution in [0.5, 0.6) is 0 Å². The van der Waals surface area contributed by atoms with E-state index < -0.39 is 0 Å². The smallest absolute Gasteiger partial charge is 0.221 e. The Morgan fingerprint density at radius 3 is 2.63 bits per heavy atom. The molecule has 1 amide bonds. The standard InChI is InChI=1S/C15H24N2O2/c1-11-6-7-13(10-14(11)17-12(2)18)16-9-8-15(3,4)19-5/h6-7,10,16H,8-9H2,1-5H3,(H,17,18). The number of methoxy groups -OCH3 is 1. The van der Waals surface area contributed by atoms with Crippen LogP contribution in [0.3, 0.4) is 0 Å². The van der Waals surface area contributed by atoms with Crippen molar-refractivity contribution in [3.05, 3.63) is 23.8 Å². The molecule has 4 heteroatoms. The quantitative estimate of drug-likeness (QED) is 0.829. The highest BCUT2D eigenvalue weighted by Gasteiger charge is 2.15. The zero-order valence-electron chi connectivity index (χ0n) is 12.5. The number of aryl methyl sites for hydroxylation is 1. The molecule has 0 spiro atoms. The Bertz CT molecular complexity index is 442. The molecule has 2 N–H and O–H groups in total. The normalized spacial score (nSPS) is 11.2. The number of ether oxygens (including phenoxy) is 1. The van der Waals surface area contributed by atoms with Gasteiger partial charge in [-0.3, -0.25) is 4.79 Å². The van der Waals surface area contributed by atoms with Crippen LogP contribution in [0.4, 0.5) is 11.4 Å². The SMILES string of the molecule is COC(C)(C)CCNc1ccc(C)c(NC(C)=O)c1. The van der Waals surface area contributed by atoms with Gasteiger partial charge in [0.05, 0.1) is 5.60 Å². The van der Waals surface area contributed by atoms with E-state index in [0.29, 0.717) is 0 Å². The van der Waals surface area contributed by atoms with E-state index in [-0.39, 0.29) is 11.5 Å². The monoisotopic (exact) mass is 264 g/mol. The summed E-state index contributed by atoms with van der Waals surface area (Å²) in [6.45, 7) is 8.44. The van der Waals surface area contributed by atoms with Gasteiger partial charge in [-0.25, -0.2) is 0 Å². The maximum atomic E-state index is 11.1. The van der Waals surface area contributed by atoms with Gasteiger partial charge in [0.25, 0.3) is 0 Å². The van der Waals surface area contributed by atoms with Gasteiger partial charge in [-0.2, -0.15) is 0 Å². The number of anilines is 2. The number of benzene rings is 1. The van der Waals surface area contributed by atoms with Crippen molar-refractivity contribution >= 4 is 17.3 Å². The van der Waals surface area contributed by atoms with Crippen molar-refractivity contribution in [3.8, 4) is 0 Å². The average Bonchev–Trinajstić information content (AvgIpc) is 2.32. The van der Waals surface area contributed by atoms with Crippen LogP contribution in [0.15, 0.2) is 18.2 Å². The fourth-order valence-corrected chi connectivity index (χ4v) is 1.67. The lowest BCUT2D eigenvalue weighted by atomic mass is 10.1. The number of hydrogen-bond donors (Lipinski definition) is 2. The van der Waals surface area contributed by atoms with Crippen LogP contribution in [0.2, 0.25) is 0 Å². The van der Waals surface area contributed by atoms with Gasteiger partial charge in [-0.05, 0) is 44.9 Å². The highest BCUT2D eigenvalue weighted by molar-refractivity contribution is 5.90. The number of rotatable bonds is 6. The third kappa shape index (κ3) is 5.30. The highest BCUT2D eigenvalue weighted by Crippen LogP contribution is 2.21. The molecule has 0 bridgehead atoms. The van der Waals surface area contributed by atoms with Gasteiger partial charge in [-0.15, -0.1) is 0 Å². The molecule has 0 saturated heterocycles. The Hall–Kier alpha value is -1.55. The molecular weight excluding hydrogens is 240 g/mol. The lowest BCUT2D eigenvalue weighted by Crippen LogP contribution is -2.25. The largest absolute Gasteiger partial charge is 0.385 e. The third-order valence-electron chi connectivity index (χ3n) is 3.16. The van der Waals surface area contributed by atoms with E-state index in [1.807, 2.05) is 25.1 Å². The molecule has 4 nitrogen and oxygen atoms in total. The minimum absolute atomic E-state index is 0.0548. The number of carbonyl (C=O) groups excluding carboxylic acids is 1. The second kappa shape index (κ2) is 6.57. The van der Waals surface area contributed by atoms with Crippen molar-refractivity contribution in [2.75, 3.05) is 24.3 Å². The van der Waals surface area contributed by atoms with Crippen LogP contribution >= 0.6 is 0 Å². The zero-order chi connectivity index (χ0) is 14.5. The summed E-state index contributed by atoms with van der Waals surface area (Å²) < 4.78 is 5.37. The summed E-state index contributed by atoms with van der Waals surface area (Å²) in [5.41, 5.74) is 2.78. The second-order valence-electron chi connectivity index (χ2n) is 5.35. The van der Waals surface area contributed by atoms with Crippen LogP contribution in [-0.4, -0.2) is 25.2 Å². The minimum atomic E-state index is -0.127. The fraction of sp³-hybridized carbons (Fsp3) is 0.533. The van der Waals surface area contributed by atoms with Crippen molar-refractivity contribution in [2.24, 2.45) is 0 Å². The van der Waals surface area contributed by atoms with Crippen molar-refractivity contribution < 1.29 is 9.53 Å². The predicted octanol–water partition coefficient (Wildman–Crippen LogP) is 3.18. The predicted molar refractivity (Wildman–Crippen MR) is 79.7 cm³/mol. The lowest BCUT2D eigenvalue weighted by molar-refractivity contribution is -0.114. The van der Waals surface area contributed by atoms with Gasteiger partial charge >= 0.3 is 0 Å². The summed E-state index contributed by atoms with van der Waals surface area (Å²) >= 11 is 0. The topological polar surface area (TPSA) is 50.4 Å². The molecule has 0 unspecified atom stereocenters. The van der Waals surface area contributed by atoms with E-state index in [2.05, 4.69) is 24.5 Å². The van der Waals surface area contributed by atoms with Crippen molar-refractivity contribution in [1.29, 1.82) is 0 Å². The van der Waals surface area contributed by atoms with Gasteiger partial charge in [0.15, 0.2) is 0 Å². The van der Waals surface area contributed by atoms with Crippen molar-refractivity contribution in [1.82, 2.24) is 0 Å². The highest BCUT2D eigenvalue weighted by atomic mass is 16.5. The molecule has 1 aromatic carbocycles. The van der Waals surface area contributed by atoms with Gasteiger partial charge < -0.3 is 15.4 Å². The number of carbonyl (C=O) groups is 1. The molecule has 0 fully saturated rings. The van der Waals surface area contributed by atoms with E-state index in [1.54, 1.807) is 7.11 Å². The molecule has 19 heavy (non-hydrogen) atoms. The molecule has 0 aliphatic carbocycles. The van der Waals surface area contributed by atoms with Crippen molar-refractivity contribution in [3.63, 3.8) is 0 Å². The Labute approximate surface area is 115 Å². The zero-order valence-corrected chi connectivity index (χ0v) is 12.5. The lowest BCUT2D eigenvalue weighted by Gasteiger charge is -2.23. The fourth-order valence-electron chi connectivity index (χ4n) is 1.67. The van der Waals surface area contributed by atoms with Crippen LogP contribution in [-0.2, 0) is 9.53 Å². The van der Waals surface area contributed by atoms with Gasteiger partial charge in [-0.1, -0.05) is 6.07 Å². The Balaban J connectivity index is 2.62. The Kier molecular flexibility index (Phi) is 5.36. The molecule has 0 radical (unpaired) electrons. The maximum absolute atomic E-state index is 11.1. The second-order valence-corrected chi connectivity index (χ2v) is 5.35. The molecule has 0 heterocycles. The van der Waals surface area contributed by atoms with E-state index in [9.17, 15) is 4.79 Å². The molecule has 0 aromatic heterocycles. The third-order valence-corrected chi connectivity index (χ3v) is 3.16. The van der Waals surface area contributed by atoms with E-state index in [1.165, 1.54) is 6.92 Å². The molecule has 0 atom stereocenters. The molecule has 1 rings (SSSR count). The summed E-state index contributed by atoms with van der Waals surface area (Å²) in [5.74, 6) is -0.0548. The first-order valence-electron chi connectivity index (χ1n) is 6.51. The summed E-state index contributed by atoms with van der Waals surface area (Å²) in [6.07, 6.45) is 0.910. The van der Waals surface area contributed by atoms with E-state index in [0.717, 1.165) is 29.9 Å². The molecule has 106 valence electrons. The first-order valence-corrected chi connectivity index (χ1v) is 6.51. The maximum Gasteiger partial charge on any atom is 0.221 e. The first kappa shape index (κ1) is 15.5. The summed E-state index contributed by atoms with van der Waals surface area (Å²) in [5, 5.41) is 6.17. The molecule has 0 saturated carbocycles. The summed E-state index contributed by atoms with van der Waals surface area (Å²) in [6, 6.07) is 5.96. The van der Waals surface area contributed by atoms with Gasteiger partial charge in [0, 0.05) is 32.0 Å². The minimum Gasteiger partial charge on any atom is -0.385 e. The molecule has 1 aromatic rings. The summed E-state index contributed by atoms with van der Waals surface area (Å²) in [7, 11) is 1.72. The number of hydrogen-bond acceptors (Lipinski definition) is 3. The van der Waals surface area contributed by atoms with Crippen LogP contribution in [0.1, 0.15) is 32.8 Å². The van der Waals surface area contributed by atoms with E-state index >= 15 is 0 Å². The number of amides is 1. The van der Waals surface area contributed by atoms with Crippen LogP contribution in [0.25, 0.3) is 0 Å². The Morgan fingerprint density at radius 2 is 2.05 bits per heavy atom. The van der Waals surface area contributed by atoms with Crippen molar-refractivity contribution in [2.45, 2.75) is 39.7 Å². The van der Waals surface area contributed by atoms with E-state index in [4.69, 9.17) is 4.74 Å². The number of nitrogens with one attached hydrogen (secondary N) is 2. The molecule has 0 aliphatic rings. The summed E-state index contributed by atoms with van der Waals surface area (Å²) in [4.78, 5) is 11.1. The molecule has 0 aliphatic heterocycles.